The van der Waals surface area contributed by atoms with Gasteiger partial charge >= 0.3 is 11.9 Å². The Bertz CT molecular complexity index is 1390. The SMILES string of the molecule is Cc1cn(CCO)nc1[C@@H](C1CCC1)C1CCCC(n2cc3n(c2=O)CC(C)(CN2CCC[C@H](C)C2)C=C3C(F)(F)F)C1. The number of imidazole rings is 1. The highest BCUT2D eigenvalue weighted by atomic mass is 19.4. The van der Waals surface area contributed by atoms with Crippen molar-refractivity contribution in [3.05, 3.63) is 45.9 Å². The van der Waals surface area contributed by atoms with E-state index in [9.17, 15) is 23.1 Å². The van der Waals surface area contributed by atoms with Crippen LogP contribution < -0.4 is 5.69 Å². The molecule has 1 saturated heterocycles. The average molecular weight is 604 g/mol. The number of hydrogen-bond acceptors (Lipinski definition) is 4. The van der Waals surface area contributed by atoms with Gasteiger partial charge in [-0.1, -0.05) is 32.8 Å². The number of aliphatic hydroxyl groups excluding tert-OH is 1. The Morgan fingerprint density at radius 1 is 1.09 bits per heavy atom. The third kappa shape index (κ3) is 6.15. The molecule has 0 amide bonds. The Labute approximate surface area is 252 Å². The van der Waals surface area contributed by atoms with Crippen LogP contribution in [0.15, 0.2) is 23.3 Å². The molecule has 5 atom stereocenters. The highest BCUT2D eigenvalue weighted by Crippen LogP contribution is 2.50. The molecule has 0 bridgehead atoms. The molecule has 0 aromatic carbocycles. The molecule has 2 aliphatic carbocycles. The minimum Gasteiger partial charge on any atom is -0.394 e. The average Bonchev–Trinajstić information content (AvgIpc) is 3.44. The lowest BCUT2D eigenvalue weighted by atomic mass is 9.64. The molecule has 0 radical (unpaired) electrons. The molecule has 4 heterocycles. The summed E-state index contributed by atoms with van der Waals surface area (Å²) in [6.07, 6.45) is 9.67. The number of aromatic nitrogens is 4. The maximum Gasteiger partial charge on any atom is 0.418 e. The van der Waals surface area contributed by atoms with E-state index in [4.69, 9.17) is 5.10 Å². The van der Waals surface area contributed by atoms with Gasteiger partial charge in [0.1, 0.15) is 0 Å². The zero-order valence-electron chi connectivity index (χ0n) is 26.0. The smallest absolute Gasteiger partial charge is 0.394 e. The number of alkyl halides is 3. The van der Waals surface area contributed by atoms with E-state index in [-0.39, 0.29) is 36.5 Å². The summed E-state index contributed by atoms with van der Waals surface area (Å²) in [4.78, 5) is 16.3. The van der Waals surface area contributed by atoms with Crippen LogP contribution in [0.5, 0.6) is 0 Å². The fourth-order valence-corrected chi connectivity index (χ4v) is 8.71. The summed E-state index contributed by atoms with van der Waals surface area (Å²) in [6.45, 7) is 9.22. The predicted octanol–water partition coefficient (Wildman–Crippen LogP) is 6.16. The van der Waals surface area contributed by atoms with Crippen LogP contribution in [0.4, 0.5) is 13.2 Å². The molecule has 1 N–H and O–H groups in total. The molecule has 3 unspecified atom stereocenters. The van der Waals surface area contributed by atoms with Gasteiger partial charge in [-0.25, -0.2) is 4.79 Å². The van der Waals surface area contributed by atoms with Crippen LogP contribution in [0.3, 0.4) is 0 Å². The fourth-order valence-electron chi connectivity index (χ4n) is 8.71. The monoisotopic (exact) mass is 603 g/mol. The standard InChI is InChI=1S/C33H48F3N5O2/c1-22-7-6-12-38(17-22)20-32(3)16-27(33(34,35)36)28-19-40(31(43)41(28)21-32)26-11-5-10-25(15-26)29(24-8-4-9-24)30-23(2)18-39(37-30)13-14-42/h16,18-19,22,24-26,29,42H,4-15,17,20-21H2,1-3H3/t22-,25?,26?,29-,32?/m0/s1. The summed E-state index contributed by atoms with van der Waals surface area (Å²) in [7, 11) is 0. The van der Waals surface area contributed by atoms with E-state index < -0.39 is 17.2 Å². The highest BCUT2D eigenvalue weighted by Gasteiger charge is 2.45. The van der Waals surface area contributed by atoms with Gasteiger partial charge in [-0.05, 0) is 81.7 Å². The van der Waals surface area contributed by atoms with Gasteiger partial charge in [-0.2, -0.15) is 18.3 Å². The number of halogens is 3. The summed E-state index contributed by atoms with van der Waals surface area (Å²) < 4.78 is 48.5. The molecular formula is C33H48F3N5O2. The number of aryl methyl sites for hydroxylation is 1. The number of allylic oxidation sites excluding steroid dienone is 1. The largest absolute Gasteiger partial charge is 0.418 e. The number of piperidine rings is 1. The quantitative estimate of drug-likeness (QED) is 0.393. The maximum atomic E-state index is 14.5. The second-order valence-electron chi connectivity index (χ2n) is 14.5. The van der Waals surface area contributed by atoms with Crippen LogP contribution in [0.2, 0.25) is 0 Å². The second kappa shape index (κ2) is 11.9. The first-order chi connectivity index (χ1) is 20.5. The Hall–Kier alpha value is -2.33. The van der Waals surface area contributed by atoms with Crippen molar-refractivity contribution in [3.8, 4) is 0 Å². The van der Waals surface area contributed by atoms with E-state index in [2.05, 4.69) is 18.7 Å². The van der Waals surface area contributed by atoms with Crippen molar-refractivity contribution >= 4 is 5.57 Å². The maximum absolute atomic E-state index is 14.5. The molecule has 2 aliphatic heterocycles. The van der Waals surface area contributed by atoms with E-state index >= 15 is 0 Å². The number of aliphatic hydroxyl groups is 1. The first kappa shape index (κ1) is 30.7. The predicted molar refractivity (Wildman–Crippen MR) is 161 cm³/mol. The van der Waals surface area contributed by atoms with Gasteiger partial charge in [-0.15, -0.1) is 0 Å². The lowest BCUT2D eigenvalue weighted by Gasteiger charge is -2.41. The summed E-state index contributed by atoms with van der Waals surface area (Å²) in [5.41, 5.74) is 0.478. The van der Waals surface area contributed by atoms with Gasteiger partial charge in [-0.3, -0.25) is 13.8 Å². The molecule has 43 heavy (non-hydrogen) atoms. The Kier molecular flexibility index (Phi) is 8.48. The summed E-state index contributed by atoms with van der Waals surface area (Å²) in [5.74, 6) is 1.65. The topological polar surface area (TPSA) is 68.2 Å². The van der Waals surface area contributed by atoms with Crippen LogP contribution >= 0.6 is 0 Å². The zero-order chi connectivity index (χ0) is 30.5. The number of hydrogen-bond donors (Lipinski definition) is 1. The van der Waals surface area contributed by atoms with Crippen molar-refractivity contribution in [1.82, 2.24) is 23.8 Å². The number of rotatable bonds is 8. The summed E-state index contributed by atoms with van der Waals surface area (Å²) in [5, 5.41) is 14.4. The summed E-state index contributed by atoms with van der Waals surface area (Å²) >= 11 is 0. The molecule has 6 rings (SSSR count). The third-order valence-electron chi connectivity index (χ3n) is 10.8. The number of nitrogens with zero attached hydrogens (tertiary/aromatic N) is 5. The second-order valence-corrected chi connectivity index (χ2v) is 14.5. The Morgan fingerprint density at radius 2 is 1.84 bits per heavy atom. The minimum atomic E-state index is -4.54. The number of likely N-dealkylation sites (tertiary alicyclic amines) is 1. The zero-order valence-corrected chi connectivity index (χ0v) is 26.0. The molecule has 2 aromatic heterocycles. The fraction of sp³-hybridized carbons (Fsp3) is 0.758. The van der Waals surface area contributed by atoms with Gasteiger partial charge in [0.05, 0.1) is 30.1 Å². The highest BCUT2D eigenvalue weighted by molar-refractivity contribution is 5.69. The molecule has 2 aromatic rings. The minimum absolute atomic E-state index is 0.0123. The Morgan fingerprint density at radius 3 is 2.51 bits per heavy atom. The lowest BCUT2D eigenvalue weighted by Crippen LogP contribution is -2.45. The van der Waals surface area contributed by atoms with Crippen molar-refractivity contribution in [2.75, 3.05) is 26.2 Å². The van der Waals surface area contributed by atoms with Crippen molar-refractivity contribution < 1.29 is 18.3 Å². The molecule has 3 fully saturated rings. The lowest BCUT2D eigenvalue weighted by molar-refractivity contribution is -0.0708. The number of fused-ring (bicyclic) bond motifs is 1. The first-order valence-electron chi connectivity index (χ1n) is 16.4. The first-order valence-corrected chi connectivity index (χ1v) is 16.4. The molecular weight excluding hydrogens is 555 g/mol. The molecule has 4 aliphatic rings. The molecule has 238 valence electrons. The van der Waals surface area contributed by atoms with E-state index in [1.807, 2.05) is 17.8 Å². The molecule has 2 saturated carbocycles. The van der Waals surface area contributed by atoms with E-state index in [0.29, 0.717) is 30.8 Å². The van der Waals surface area contributed by atoms with Crippen molar-refractivity contribution in [2.24, 2.45) is 23.2 Å². The normalized spacial score (nSPS) is 29.7. The van der Waals surface area contributed by atoms with Crippen molar-refractivity contribution in [3.63, 3.8) is 0 Å². The van der Waals surface area contributed by atoms with Crippen LogP contribution in [0.1, 0.15) is 101 Å². The summed E-state index contributed by atoms with van der Waals surface area (Å²) in [6, 6.07) is -0.129. The molecule has 10 heteroatoms. The van der Waals surface area contributed by atoms with E-state index in [1.165, 1.54) is 23.3 Å². The van der Waals surface area contributed by atoms with Gasteiger partial charge in [0.15, 0.2) is 0 Å². The van der Waals surface area contributed by atoms with Crippen molar-refractivity contribution in [1.29, 1.82) is 0 Å². The van der Waals surface area contributed by atoms with E-state index in [1.54, 1.807) is 4.57 Å². The van der Waals surface area contributed by atoms with Gasteiger partial charge in [0, 0.05) is 49.4 Å². The van der Waals surface area contributed by atoms with Crippen LogP contribution in [0, 0.1) is 30.1 Å². The van der Waals surface area contributed by atoms with Gasteiger partial charge in [0.2, 0.25) is 0 Å². The van der Waals surface area contributed by atoms with Crippen LogP contribution in [0.25, 0.3) is 5.57 Å². The van der Waals surface area contributed by atoms with Crippen LogP contribution in [-0.4, -0.2) is 61.3 Å². The Balaban J connectivity index is 1.29. The van der Waals surface area contributed by atoms with Gasteiger partial charge < -0.3 is 10.0 Å². The van der Waals surface area contributed by atoms with Crippen LogP contribution in [-0.2, 0) is 13.1 Å². The van der Waals surface area contributed by atoms with E-state index in [0.717, 1.165) is 75.7 Å². The van der Waals surface area contributed by atoms with Gasteiger partial charge in [0.25, 0.3) is 0 Å². The van der Waals surface area contributed by atoms with Crippen molar-refractivity contribution in [2.45, 2.75) is 110 Å². The third-order valence-corrected chi connectivity index (χ3v) is 10.8. The molecule has 0 spiro atoms. The molecule has 7 nitrogen and oxygen atoms in total.